The normalized spacial score (nSPS) is 50.5. The highest BCUT2D eigenvalue weighted by molar-refractivity contribution is 5.01. The van der Waals surface area contributed by atoms with Gasteiger partial charge < -0.3 is 5.73 Å². The van der Waals surface area contributed by atoms with Gasteiger partial charge in [0.2, 0.25) is 0 Å². The van der Waals surface area contributed by atoms with Crippen LogP contribution < -0.4 is 5.73 Å². The Bertz CT molecular complexity index is 193. The van der Waals surface area contributed by atoms with Crippen LogP contribution >= 0.6 is 0 Å². The fourth-order valence-corrected chi connectivity index (χ4v) is 4.42. The minimum atomic E-state index is 0.585. The van der Waals surface area contributed by atoms with Gasteiger partial charge in [-0.2, -0.15) is 0 Å². The van der Waals surface area contributed by atoms with Gasteiger partial charge in [-0.25, -0.2) is 0 Å². The quantitative estimate of drug-likeness (QED) is 0.657. The largest absolute Gasteiger partial charge is 0.327 e. The van der Waals surface area contributed by atoms with Crippen molar-refractivity contribution in [3.63, 3.8) is 0 Å². The first-order chi connectivity index (χ1) is 6.36. The van der Waals surface area contributed by atoms with E-state index in [1.807, 2.05) is 0 Å². The molecule has 0 saturated heterocycles. The van der Waals surface area contributed by atoms with Crippen molar-refractivity contribution in [2.75, 3.05) is 0 Å². The Balaban J connectivity index is 1.76. The summed E-state index contributed by atoms with van der Waals surface area (Å²) in [6.45, 7) is 0. The van der Waals surface area contributed by atoms with Gasteiger partial charge in [-0.1, -0.05) is 25.7 Å². The monoisotopic (exact) mass is 179 g/mol. The molecule has 3 rings (SSSR count). The summed E-state index contributed by atoms with van der Waals surface area (Å²) >= 11 is 0. The molecule has 1 heteroatoms. The summed E-state index contributed by atoms with van der Waals surface area (Å²) in [4.78, 5) is 0. The Hall–Kier alpha value is -0.0400. The van der Waals surface area contributed by atoms with Gasteiger partial charge in [0.1, 0.15) is 0 Å². The molecule has 0 aliphatic heterocycles. The van der Waals surface area contributed by atoms with Crippen LogP contribution in [-0.2, 0) is 0 Å². The molecule has 0 aromatic rings. The van der Waals surface area contributed by atoms with E-state index >= 15 is 0 Å². The van der Waals surface area contributed by atoms with E-state index < -0.39 is 0 Å². The summed E-state index contributed by atoms with van der Waals surface area (Å²) in [5, 5.41) is 0. The van der Waals surface area contributed by atoms with Crippen molar-refractivity contribution in [3.8, 4) is 0 Å². The summed E-state index contributed by atoms with van der Waals surface area (Å²) < 4.78 is 0. The van der Waals surface area contributed by atoms with Crippen LogP contribution in [0.4, 0.5) is 0 Å². The second-order valence-corrected chi connectivity index (χ2v) is 5.53. The predicted octanol–water partition coefficient (Wildman–Crippen LogP) is 2.55. The molecular weight excluding hydrogens is 158 g/mol. The van der Waals surface area contributed by atoms with Crippen molar-refractivity contribution < 1.29 is 0 Å². The lowest BCUT2D eigenvalue weighted by Gasteiger charge is -2.32. The minimum Gasteiger partial charge on any atom is -0.327 e. The van der Waals surface area contributed by atoms with E-state index in [9.17, 15) is 0 Å². The van der Waals surface area contributed by atoms with Crippen LogP contribution in [0.5, 0.6) is 0 Å². The summed E-state index contributed by atoms with van der Waals surface area (Å²) in [7, 11) is 0. The zero-order valence-electron chi connectivity index (χ0n) is 8.41. The van der Waals surface area contributed by atoms with Crippen molar-refractivity contribution in [2.24, 2.45) is 29.4 Å². The lowest BCUT2D eigenvalue weighted by atomic mass is 9.76. The first-order valence-electron chi connectivity index (χ1n) is 6.12. The molecule has 3 aliphatic carbocycles. The Morgan fingerprint density at radius 2 is 1.46 bits per heavy atom. The molecule has 0 amide bonds. The summed E-state index contributed by atoms with van der Waals surface area (Å²) in [5.74, 6) is 3.89. The number of hydrogen-bond acceptors (Lipinski definition) is 1. The van der Waals surface area contributed by atoms with Gasteiger partial charge in [-0.05, 0) is 42.9 Å². The Morgan fingerprint density at radius 3 is 2.08 bits per heavy atom. The Labute approximate surface area is 81.1 Å². The first kappa shape index (κ1) is 8.28. The molecule has 2 bridgehead atoms. The van der Waals surface area contributed by atoms with Crippen LogP contribution in [0.25, 0.3) is 0 Å². The number of fused-ring (bicyclic) bond motifs is 2. The highest BCUT2D eigenvalue weighted by Crippen LogP contribution is 2.53. The van der Waals surface area contributed by atoms with Gasteiger partial charge in [-0.3, -0.25) is 0 Å². The van der Waals surface area contributed by atoms with Crippen LogP contribution in [-0.4, -0.2) is 6.04 Å². The SMILES string of the molecule is N[C@@H]1[C@H]2CC[C@H](C2)[C@H]1C1CCCC1. The van der Waals surface area contributed by atoms with Gasteiger partial charge in [0.15, 0.2) is 0 Å². The van der Waals surface area contributed by atoms with Crippen LogP contribution in [0.3, 0.4) is 0 Å². The first-order valence-corrected chi connectivity index (χ1v) is 6.12. The number of hydrogen-bond donors (Lipinski definition) is 1. The lowest BCUT2D eigenvalue weighted by Crippen LogP contribution is -2.39. The molecule has 74 valence electrons. The van der Waals surface area contributed by atoms with Crippen LogP contribution in [0.15, 0.2) is 0 Å². The van der Waals surface area contributed by atoms with Gasteiger partial charge in [-0.15, -0.1) is 0 Å². The van der Waals surface area contributed by atoms with Gasteiger partial charge in [0, 0.05) is 6.04 Å². The number of rotatable bonds is 1. The van der Waals surface area contributed by atoms with E-state index in [1.54, 1.807) is 0 Å². The zero-order valence-corrected chi connectivity index (χ0v) is 8.41. The van der Waals surface area contributed by atoms with Crippen molar-refractivity contribution in [1.82, 2.24) is 0 Å². The topological polar surface area (TPSA) is 26.0 Å². The second kappa shape index (κ2) is 2.98. The van der Waals surface area contributed by atoms with E-state index in [1.165, 1.54) is 44.9 Å². The Kier molecular flexibility index (Phi) is 1.90. The molecule has 3 saturated carbocycles. The third-order valence-electron chi connectivity index (χ3n) is 4.99. The fourth-order valence-electron chi connectivity index (χ4n) is 4.42. The maximum absolute atomic E-state index is 6.34. The predicted molar refractivity (Wildman–Crippen MR) is 54.3 cm³/mol. The average molecular weight is 179 g/mol. The average Bonchev–Trinajstić information content (AvgIpc) is 2.76. The molecule has 0 aromatic heterocycles. The van der Waals surface area contributed by atoms with Crippen LogP contribution in [0, 0.1) is 23.7 Å². The molecule has 0 heterocycles. The highest BCUT2D eigenvalue weighted by Gasteiger charge is 2.48. The second-order valence-electron chi connectivity index (χ2n) is 5.53. The molecular formula is C12H21N. The smallest absolute Gasteiger partial charge is 0.0101 e. The number of nitrogens with two attached hydrogens (primary N) is 1. The molecule has 3 aliphatic rings. The van der Waals surface area contributed by atoms with Gasteiger partial charge in [0.25, 0.3) is 0 Å². The molecule has 3 fully saturated rings. The minimum absolute atomic E-state index is 0.585. The third-order valence-corrected chi connectivity index (χ3v) is 4.99. The van der Waals surface area contributed by atoms with Crippen molar-refractivity contribution in [3.05, 3.63) is 0 Å². The zero-order chi connectivity index (χ0) is 8.84. The summed E-state index contributed by atoms with van der Waals surface area (Å²) in [6.07, 6.45) is 10.3. The van der Waals surface area contributed by atoms with E-state index in [-0.39, 0.29) is 0 Å². The van der Waals surface area contributed by atoms with Gasteiger partial charge in [0.05, 0.1) is 0 Å². The standard InChI is InChI=1S/C12H21N/c13-12-10-6-5-9(7-10)11(12)8-3-1-2-4-8/h8-12H,1-7,13H2/t9-,10+,11-,12-/m1/s1. The van der Waals surface area contributed by atoms with Crippen LogP contribution in [0.2, 0.25) is 0 Å². The molecule has 0 radical (unpaired) electrons. The summed E-state index contributed by atoms with van der Waals surface area (Å²) in [5.41, 5.74) is 6.34. The molecule has 0 spiro atoms. The molecule has 0 aromatic carbocycles. The van der Waals surface area contributed by atoms with E-state index in [4.69, 9.17) is 5.73 Å². The Morgan fingerprint density at radius 1 is 0.769 bits per heavy atom. The molecule has 2 N–H and O–H groups in total. The lowest BCUT2D eigenvalue weighted by molar-refractivity contribution is 0.200. The van der Waals surface area contributed by atoms with Crippen LogP contribution in [0.1, 0.15) is 44.9 Å². The van der Waals surface area contributed by atoms with E-state index in [2.05, 4.69) is 0 Å². The molecule has 4 atom stereocenters. The van der Waals surface area contributed by atoms with E-state index in [0.717, 1.165) is 23.7 Å². The molecule has 1 nitrogen and oxygen atoms in total. The maximum Gasteiger partial charge on any atom is 0.0101 e. The van der Waals surface area contributed by atoms with Gasteiger partial charge >= 0.3 is 0 Å². The highest BCUT2D eigenvalue weighted by atomic mass is 14.7. The third kappa shape index (κ3) is 1.16. The summed E-state index contributed by atoms with van der Waals surface area (Å²) in [6, 6.07) is 0.585. The fraction of sp³-hybridized carbons (Fsp3) is 1.00. The maximum atomic E-state index is 6.34. The van der Waals surface area contributed by atoms with Crippen molar-refractivity contribution in [1.29, 1.82) is 0 Å². The van der Waals surface area contributed by atoms with E-state index in [0.29, 0.717) is 6.04 Å². The molecule has 13 heavy (non-hydrogen) atoms. The van der Waals surface area contributed by atoms with Crippen molar-refractivity contribution in [2.45, 2.75) is 51.0 Å². The molecule has 0 unspecified atom stereocenters. The van der Waals surface area contributed by atoms with Crippen molar-refractivity contribution >= 4 is 0 Å².